The fraction of sp³-hybridized carbons (Fsp3) is 0.0583. The maximum atomic E-state index is 13.8. The zero-order chi connectivity index (χ0) is 99.9. The molecule has 0 unspecified atom stereocenters. The molecular formula is C120H91F5N18O2. The molecule has 16 aromatic heterocycles. The lowest BCUT2D eigenvalue weighted by atomic mass is 9.99. The Balaban J connectivity index is 0.000000111. The van der Waals surface area contributed by atoms with Crippen LogP contribution in [-0.4, -0.2) is 91.0 Å². The summed E-state index contributed by atoms with van der Waals surface area (Å²) < 4.78 is 89.4. The van der Waals surface area contributed by atoms with Crippen LogP contribution < -0.4 is 20.9 Å². The number of aromatic nitrogens is 16. The Morgan fingerprint density at radius 2 is 0.524 bits per heavy atom. The fourth-order valence-electron chi connectivity index (χ4n) is 17.6. The molecule has 0 aliphatic carbocycles. The van der Waals surface area contributed by atoms with Gasteiger partial charge in [0.25, 0.3) is 0 Å². The van der Waals surface area contributed by atoms with Crippen LogP contribution in [0.1, 0.15) is 27.8 Å². The highest BCUT2D eigenvalue weighted by Gasteiger charge is 2.22. The van der Waals surface area contributed by atoms with Crippen LogP contribution in [0.5, 0.6) is 11.5 Å². The number of hydrogen-bond acceptors (Lipinski definition) is 15. The molecule has 8 aromatic carbocycles. The zero-order valence-electron chi connectivity index (χ0n) is 79.6. The van der Waals surface area contributed by atoms with Gasteiger partial charge in [-0.25, -0.2) is 46.9 Å². The summed E-state index contributed by atoms with van der Waals surface area (Å²) in [7, 11) is 3.31. The topological polar surface area (TPSA) is 234 Å². The van der Waals surface area contributed by atoms with E-state index in [0.717, 1.165) is 197 Å². The molecular weight excluding hydrogens is 1820 g/mol. The van der Waals surface area contributed by atoms with Gasteiger partial charge >= 0.3 is 0 Å². The molecule has 4 N–H and O–H groups in total. The first-order chi connectivity index (χ1) is 70.7. The SMILES string of the molecule is COc1cccc(-c2ncc3cc(-c4cccnc4-c4ccc(F)c(C)c4)ccn23)c1.COc1cccc(-c2ncc3ccc(-c4cccnc4-c4ccc(F)c(C)c4)cn23)c1.Cc1cc(-c2ncccc2-c2ccc3cnc(-c4cccc(N)c4)n3c2)ccc1F.Cc1cc(-c2ncccc2-c2ccc3cnc(-c4ccncc4)n3c2)ccc1F.Cc1cc(-c2ncccc2-c2ccc3cnc(N)n3c2)ccc1F. The number of fused-ring (bicyclic) bond motifs is 5. The zero-order valence-corrected chi connectivity index (χ0v) is 79.6. The number of hydrogen-bond donors (Lipinski definition) is 2. The summed E-state index contributed by atoms with van der Waals surface area (Å²) in [5, 5.41) is 0. The number of aryl methyl sites for hydroxylation is 5. The summed E-state index contributed by atoms with van der Waals surface area (Å²) in [5.41, 5.74) is 42.7. The van der Waals surface area contributed by atoms with Gasteiger partial charge in [0.05, 0.1) is 101 Å². The molecule has 145 heavy (non-hydrogen) atoms. The third-order valence-electron chi connectivity index (χ3n) is 25.2. The van der Waals surface area contributed by atoms with Crippen LogP contribution in [0.3, 0.4) is 0 Å². The molecule has 0 aliphatic heterocycles. The van der Waals surface area contributed by atoms with Crippen LogP contribution in [0.15, 0.2) is 403 Å². The Hall–Kier alpha value is -19.0. The summed E-state index contributed by atoms with van der Waals surface area (Å²) >= 11 is 0. The van der Waals surface area contributed by atoms with Crippen molar-refractivity contribution in [3.8, 4) is 169 Å². The molecule has 20 nitrogen and oxygen atoms in total. The Kier molecular flexibility index (Phi) is 26.6. The lowest BCUT2D eigenvalue weighted by molar-refractivity contribution is 0.415. The number of ether oxygens (including phenoxy) is 2. The smallest absolute Gasteiger partial charge is 0.204 e. The Morgan fingerprint density at radius 1 is 0.228 bits per heavy atom. The number of methoxy groups -OCH3 is 2. The number of imidazole rings is 5. The van der Waals surface area contributed by atoms with Gasteiger partial charge in [-0.1, -0.05) is 91.0 Å². The number of benzene rings is 8. The average Bonchev–Trinajstić information content (AvgIpc) is 1.70. The van der Waals surface area contributed by atoms with E-state index in [1.807, 2.05) is 248 Å². The molecule has 0 spiro atoms. The molecule has 25 heteroatoms. The monoisotopic (exact) mass is 1910 g/mol. The highest BCUT2D eigenvalue weighted by atomic mass is 19.1. The summed E-state index contributed by atoms with van der Waals surface area (Å²) in [6, 6.07) is 92.7. The van der Waals surface area contributed by atoms with E-state index >= 15 is 0 Å². The van der Waals surface area contributed by atoms with Crippen molar-refractivity contribution in [1.82, 2.24) is 76.8 Å². The van der Waals surface area contributed by atoms with Gasteiger partial charge in [-0.3, -0.25) is 51.9 Å². The summed E-state index contributed by atoms with van der Waals surface area (Å²) in [4.78, 5) is 49.5. The molecule has 0 radical (unpaired) electrons. The maximum absolute atomic E-state index is 13.8. The van der Waals surface area contributed by atoms with Crippen molar-refractivity contribution in [3.05, 3.63) is 460 Å². The molecule has 0 atom stereocenters. The Morgan fingerprint density at radius 3 is 0.869 bits per heavy atom. The van der Waals surface area contributed by atoms with Crippen molar-refractivity contribution in [1.29, 1.82) is 0 Å². The van der Waals surface area contributed by atoms with Gasteiger partial charge in [-0.15, -0.1) is 0 Å². The highest BCUT2D eigenvalue weighted by Crippen LogP contribution is 2.41. The van der Waals surface area contributed by atoms with E-state index < -0.39 is 0 Å². The van der Waals surface area contributed by atoms with Crippen LogP contribution >= 0.6 is 0 Å². The van der Waals surface area contributed by atoms with Gasteiger partial charge in [0.2, 0.25) is 5.95 Å². The molecule has 0 bridgehead atoms. The molecule has 16 heterocycles. The minimum Gasteiger partial charge on any atom is -0.497 e. The predicted octanol–water partition coefficient (Wildman–Crippen LogP) is 27.8. The number of pyridine rings is 11. The molecule has 0 saturated heterocycles. The largest absolute Gasteiger partial charge is 0.497 e. The molecule has 24 aromatic rings. The first-order valence-corrected chi connectivity index (χ1v) is 46.5. The Labute approximate surface area is 831 Å². The summed E-state index contributed by atoms with van der Waals surface area (Å²) in [6.07, 6.45) is 31.6. The van der Waals surface area contributed by atoms with Gasteiger partial charge in [0.15, 0.2) is 0 Å². The number of rotatable bonds is 16. The second-order valence-electron chi connectivity index (χ2n) is 34.6. The quantitative estimate of drug-likeness (QED) is 0.0676. The van der Waals surface area contributed by atoms with Gasteiger partial charge in [-0.2, -0.15) is 0 Å². The number of anilines is 2. The van der Waals surface area contributed by atoms with E-state index in [1.165, 1.54) is 30.3 Å². The first kappa shape index (κ1) is 93.6. The Bertz CT molecular complexity index is 8960. The molecule has 24 rings (SSSR count). The summed E-state index contributed by atoms with van der Waals surface area (Å²) in [6.45, 7) is 8.80. The van der Waals surface area contributed by atoms with Crippen LogP contribution in [0.4, 0.5) is 33.6 Å². The van der Waals surface area contributed by atoms with Crippen LogP contribution in [-0.2, 0) is 0 Å². The van der Waals surface area contributed by atoms with Gasteiger partial charge in [0.1, 0.15) is 63.9 Å². The minimum absolute atomic E-state index is 0.215. The number of nitrogen functional groups attached to an aromatic ring is 2. The highest BCUT2D eigenvalue weighted by molar-refractivity contribution is 5.88. The van der Waals surface area contributed by atoms with E-state index in [0.29, 0.717) is 39.5 Å². The first-order valence-electron chi connectivity index (χ1n) is 46.5. The lowest BCUT2D eigenvalue weighted by Gasteiger charge is -2.11. The second kappa shape index (κ2) is 41.2. The second-order valence-corrected chi connectivity index (χ2v) is 34.6. The van der Waals surface area contributed by atoms with Crippen LogP contribution in [0.2, 0.25) is 0 Å². The van der Waals surface area contributed by atoms with Crippen molar-refractivity contribution >= 4 is 39.2 Å². The van der Waals surface area contributed by atoms with Crippen molar-refractivity contribution in [3.63, 3.8) is 0 Å². The van der Waals surface area contributed by atoms with E-state index in [2.05, 4.69) is 121 Å². The molecule has 0 fully saturated rings. The van der Waals surface area contributed by atoms with E-state index in [9.17, 15) is 22.0 Å². The molecule has 0 amide bonds. The summed E-state index contributed by atoms with van der Waals surface area (Å²) in [5.74, 6) is 4.28. The molecule has 0 saturated carbocycles. The van der Waals surface area contributed by atoms with E-state index in [4.69, 9.17) is 20.9 Å². The van der Waals surface area contributed by atoms with Crippen molar-refractivity contribution in [2.24, 2.45) is 0 Å². The van der Waals surface area contributed by atoms with Crippen molar-refractivity contribution in [2.75, 3.05) is 25.7 Å². The molecule has 708 valence electrons. The van der Waals surface area contributed by atoms with Gasteiger partial charge < -0.3 is 20.9 Å². The number of nitrogens with zero attached hydrogens (tertiary/aromatic N) is 16. The molecule has 0 aliphatic rings. The van der Waals surface area contributed by atoms with Gasteiger partial charge in [0, 0.05) is 180 Å². The standard InChI is InChI=1S/2C26H20FN3O.C25H19FN4.C24H17FN4.C19H15FN4/c1-17-13-18(9-11-24(17)27)25-23(7-4-12-28-25)20-8-10-21-15-29-26(30(21)16-20)19-5-3-6-22(14-19)31-2;1-17-13-19(8-9-24(17)27)25-23(7-4-11-28-25)18-10-12-30-21(14-18)16-29-26(30)20-5-3-6-22(15-20)31-2;1-16-12-17(8-10-23(16)26)24-22(6-3-11-28-24)19-7-9-21-14-29-25(30(21)15-19)18-4-2-5-20(27)13-18;1-16-13-18(5-7-22(16)25)23-21(3-2-10-27-23)19-4-6-20-14-28-24(29(20)15-19)17-8-11-26-12-9-17;1-12-9-13(5-7-17(12)20)18-16(3-2-8-22-18)14-4-6-15-10-23-19(21)24(15)11-14/h2*3-16H,1-2H3;2-15H,27H2,1H3;2-15H,1H3;2-11H,1H3,(H2,21,23). The predicted molar refractivity (Wildman–Crippen MR) is 564 cm³/mol. The van der Waals surface area contributed by atoms with Gasteiger partial charge in [-0.05, 0) is 274 Å². The van der Waals surface area contributed by atoms with Crippen LogP contribution in [0.25, 0.3) is 185 Å². The maximum Gasteiger partial charge on any atom is 0.204 e. The van der Waals surface area contributed by atoms with Crippen molar-refractivity contribution in [2.45, 2.75) is 34.6 Å². The normalized spacial score (nSPS) is 11.1. The average molecular weight is 1910 g/mol. The lowest BCUT2D eigenvalue weighted by Crippen LogP contribution is -1.96. The van der Waals surface area contributed by atoms with E-state index in [-0.39, 0.29) is 29.1 Å². The van der Waals surface area contributed by atoms with E-state index in [1.54, 1.807) is 129 Å². The van der Waals surface area contributed by atoms with Crippen LogP contribution in [0, 0.1) is 63.7 Å². The third kappa shape index (κ3) is 19.8. The number of halogens is 5. The minimum atomic E-state index is -0.220. The fourth-order valence-corrected chi connectivity index (χ4v) is 17.6. The number of nitrogens with two attached hydrogens (primary N) is 2. The third-order valence-corrected chi connectivity index (χ3v) is 25.2. The van der Waals surface area contributed by atoms with Crippen molar-refractivity contribution < 1.29 is 31.4 Å².